The Morgan fingerprint density at radius 3 is 2.83 bits per heavy atom. The van der Waals surface area contributed by atoms with Crippen molar-refractivity contribution in [3.63, 3.8) is 0 Å². The van der Waals surface area contributed by atoms with Gasteiger partial charge in [-0.25, -0.2) is 13.5 Å². The minimum absolute atomic E-state index is 0.0352. The first kappa shape index (κ1) is 21.8. The van der Waals surface area contributed by atoms with Crippen molar-refractivity contribution in [2.24, 2.45) is 0 Å². The number of alkyl halides is 2. The lowest BCUT2D eigenvalue weighted by Gasteiger charge is -2.24. The SMILES string of the molecule is COCCNC(=O)c1cn(C[C@@H]2CC(F)(F)CN2C(=O)Cc2ccccc2C)nn1. The second kappa shape index (κ2) is 9.29. The van der Waals surface area contributed by atoms with Gasteiger partial charge in [0.15, 0.2) is 5.69 Å². The zero-order chi connectivity index (χ0) is 21.7. The zero-order valence-corrected chi connectivity index (χ0v) is 17.0. The van der Waals surface area contributed by atoms with Gasteiger partial charge in [0.25, 0.3) is 11.8 Å². The first-order chi connectivity index (χ1) is 14.3. The molecule has 1 aromatic heterocycles. The summed E-state index contributed by atoms with van der Waals surface area (Å²) in [4.78, 5) is 26.0. The zero-order valence-electron chi connectivity index (χ0n) is 17.0. The molecule has 1 atom stereocenters. The number of benzene rings is 1. The number of carbonyl (C=O) groups excluding carboxylic acids is 2. The third-order valence-corrected chi connectivity index (χ3v) is 5.06. The van der Waals surface area contributed by atoms with E-state index < -0.39 is 30.8 Å². The normalized spacial score (nSPS) is 17.9. The van der Waals surface area contributed by atoms with Crippen LogP contribution in [-0.2, 0) is 22.5 Å². The molecule has 1 aliphatic heterocycles. The van der Waals surface area contributed by atoms with Gasteiger partial charge in [0.2, 0.25) is 5.91 Å². The highest BCUT2D eigenvalue weighted by molar-refractivity contribution is 5.91. The Labute approximate surface area is 173 Å². The maximum atomic E-state index is 14.1. The quantitative estimate of drug-likeness (QED) is 0.652. The highest BCUT2D eigenvalue weighted by Crippen LogP contribution is 2.33. The fourth-order valence-electron chi connectivity index (χ4n) is 3.49. The predicted molar refractivity (Wildman–Crippen MR) is 104 cm³/mol. The average Bonchev–Trinajstić information content (AvgIpc) is 3.28. The van der Waals surface area contributed by atoms with Crippen LogP contribution < -0.4 is 5.32 Å². The lowest BCUT2D eigenvalue weighted by atomic mass is 10.1. The lowest BCUT2D eigenvalue weighted by Crippen LogP contribution is -2.39. The summed E-state index contributed by atoms with van der Waals surface area (Å²) in [7, 11) is 1.52. The Morgan fingerprint density at radius 1 is 1.33 bits per heavy atom. The first-order valence-corrected chi connectivity index (χ1v) is 9.68. The molecule has 10 heteroatoms. The van der Waals surface area contributed by atoms with Gasteiger partial charge in [0.1, 0.15) is 0 Å². The standard InChI is InChI=1S/C20H25F2N5O3/c1-14-5-3-4-6-15(14)9-18(28)27-13-20(21,22)10-16(27)11-26-12-17(24-25-26)19(29)23-7-8-30-2/h3-6,12,16H,7-11,13H2,1-2H3,(H,23,29)/t16-/m0/s1. The molecule has 2 aromatic rings. The second-order valence-corrected chi connectivity index (χ2v) is 7.41. The number of hydrogen-bond acceptors (Lipinski definition) is 5. The third kappa shape index (κ3) is 5.38. The molecule has 162 valence electrons. The second-order valence-electron chi connectivity index (χ2n) is 7.41. The van der Waals surface area contributed by atoms with Crippen LogP contribution in [0.15, 0.2) is 30.5 Å². The number of nitrogens with one attached hydrogen (secondary N) is 1. The number of halogens is 2. The smallest absolute Gasteiger partial charge is 0.273 e. The van der Waals surface area contributed by atoms with Crippen molar-refractivity contribution >= 4 is 11.8 Å². The molecule has 0 radical (unpaired) electrons. The molecule has 1 aromatic carbocycles. The van der Waals surface area contributed by atoms with E-state index in [2.05, 4.69) is 15.6 Å². The van der Waals surface area contributed by atoms with E-state index in [1.54, 1.807) is 0 Å². The largest absolute Gasteiger partial charge is 0.383 e. The number of carbonyl (C=O) groups is 2. The predicted octanol–water partition coefficient (Wildman–Crippen LogP) is 1.44. The van der Waals surface area contributed by atoms with Gasteiger partial charge in [0.05, 0.1) is 38.4 Å². The molecule has 3 rings (SSSR count). The van der Waals surface area contributed by atoms with Crippen molar-refractivity contribution in [1.82, 2.24) is 25.2 Å². The Hall–Kier alpha value is -2.88. The molecule has 2 heterocycles. The molecule has 1 aliphatic rings. The summed E-state index contributed by atoms with van der Waals surface area (Å²) in [6.45, 7) is 1.97. The number of aromatic nitrogens is 3. The average molecular weight is 421 g/mol. The van der Waals surface area contributed by atoms with E-state index in [9.17, 15) is 18.4 Å². The summed E-state index contributed by atoms with van der Waals surface area (Å²) in [5.41, 5.74) is 1.83. The monoisotopic (exact) mass is 421 g/mol. The number of amides is 2. The van der Waals surface area contributed by atoms with Gasteiger partial charge in [-0.1, -0.05) is 29.5 Å². The van der Waals surface area contributed by atoms with E-state index in [4.69, 9.17) is 4.74 Å². The topological polar surface area (TPSA) is 89.4 Å². The van der Waals surface area contributed by atoms with Crippen LogP contribution in [0.25, 0.3) is 0 Å². The molecule has 2 amide bonds. The van der Waals surface area contributed by atoms with Gasteiger partial charge in [-0.05, 0) is 18.1 Å². The summed E-state index contributed by atoms with van der Waals surface area (Å²) >= 11 is 0. The van der Waals surface area contributed by atoms with Crippen LogP contribution in [0.1, 0.15) is 28.0 Å². The Morgan fingerprint density at radius 2 is 2.10 bits per heavy atom. The third-order valence-electron chi connectivity index (χ3n) is 5.06. The summed E-state index contributed by atoms with van der Waals surface area (Å²) in [5, 5.41) is 10.3. The molecule has 1 fully saturated rings. The fourth-order valence-corrected chi connectivity index (χ4v) is 3.49. The van der Waals surface area contributed by atoms with Crippen molar-refractivity contribution in [3.8, 4) is 0 Å². The molecule has 1 N–H and O–H groups in total. The Balaban J connectivity index is 1.67. The van der Waals surface area contributed by atoms with E-state index in [-0.39, 0.29) is 24.6 Å². The maximum absolute atomic E-state index is 14.1. The van der Waals surface area contributed by atoms with Crippen molar-refractivity contribution in [1.29, 1.82) is 0 Å². The molecule has 0 saturated carbocycles. The van der Waals surface area contributed by atoms with E-state index in [1.807, 2.05) is 31.2 Å². The van der Waals surface area contributed by atoms with E-state index in [1.165, 1.54) is 22.9 Å². The molecular weight excluding hydrogens is 396 g/mol. The fraction of sp³-hybridized carbons (Fsp3) is 0.500. The molecular formula is C20H25F2N5O3. The number of hydrogen-bond donors (Lipinski definition) is 1. The number of ether oxygens (including phenoxy) is 1. The van der Waals surface area contributed by atoms with Crippen molar-refractivity contribution in [3.05, 3.63) is 47.3 Å². The molecule has 0 aliphatic carbocycles. The Bertz CT molecular complexity index is 902. The van der Waals surface area contributed by atoms with Crippen LogP contribution in [0.4, 0.5) is 8.78 Å². The number of methoxy groups -OCH3 is 1. The van der Waals surface area contributed by atoms with Crippen LogP contribution in [0.5, 0.6) is 0 Å². The number of nitrogens with zero attached hydrogens (tertiary/aromatic N) is 4. The van der Waals surface area contributed by atoms with Crippen molar-refractivity contribution in [2.75, 3.05) is 26.8 Å². The minimum Gasteiger partial charge on any atom is -0.383 e. The number of likely N-dealkylation sites (tertiary alicyclic amines) is 1. The number of aryl methyl sites for hydroxylation is 1. The summed E-state index contributed by atoms with van der Waals surface area (Å²) in [5.74, 6) is -3.75. The molecule has 0 unspecified atom stereocenters. The molecule has 8 nitrogen and oxygen atoms in total. The molecule has 30 heavy (non-hydrogen) atoms. The van der Waals surface area contributed by atoms with E-state index >= 15 is 0 Å². The van der Waals surface area contributed by atoms with E-state index in [0.29, 0.717) is 13.2 Å². The van der Waals surface area contributed by atoms with Gasteiger partial charge in [-0.3, -0.25) is 9.59 Å². The van der Waals surface area contributed by atoms with Gasteiger partial charge >= 0.3 is 0 Å². The van der Waals surface area contributed by atoms with Crippen LogP contribution in [-0.4, -0.2) is 70.5 Å². The highest BCUT2D eigenvalue weighted by Gasteiger charge is 2.47. The summed E-state index contributed by atoms with van der Waals surface area (Å²) < 4.78 is 34.4. The maximum Gasteiger partial charge on any atom is 0.273 e. The van der Waals surface area contributed by atoms with E-state index in [0.717, 1.165) is 11.1 Å². The van der Waals surface area contributed by atoms with Gasteiger partial charge in [-0.15, -0.1) is 5.10 Å². The molecule has 1 saturated heterocycles. The van der Waals surface area contributed by atoms with Gasteiger partial charge < -0.3 is 15.0 Å². The van der Waals surface area contributed by atoms with Crippen LogP contribution in [0, 0.1) is 6.92 Å². The number of rotatable bonds is 8. The first-order valence-electron chi connectivity index (χ1n) is 9.68. The lowest BCUT2D eigenvalue weighted by molar-refractivity contribution is -0.132. The molecule has 0 bridgehead atoms. The Kier molecular flexibility index (Phi) is 6.76. The molecule has 0 spiro atoms. The van der Waals surface area contributed by atoms with Gasteiger partial charge in [-0.2, -0.15) is 0 Å². The van der Waals surface area contributed by atoms with Crippen molar-refractivity contribution in [2.45, 2.75) is 38.3 Å². The summed E-state index contributed by atoms with van der Waals surface area (Å²) in [6, 6.07) is 6.66. The van der Waals surface area contributed by atoms with Gasteiger partial charge in [0, 0.05) is 20.1 Å². The summed E-state index contributed by atoms with van der Waals surface area (Å²) in [6.07, 6.45) is 0.994. The highest BCUT2D eigenvalue weighted by atomic mass is 19.3. The van der Waals surface area contributed by atoms with Crippen LogP contribution in [0.2, 0.25) is 0 Å². The van der Waals surface area contributed by atoms with Crippen LogP contribution >= 0.6 is 0 Å². The minimum atomic E-state index is -2.97. The van der Waals surface area contributed by atoms with Crippen molar-refractivity contribution < 1.29 is 23.1 Å². The van der Waals surface area contributed by atoms with Crippen LogP contribution in [0.3, 0.4) is 0 Å².